The number of unbranched alkanes of at least 4 members (excludes halogenated alkanes) is 2. The number of benzene rings is 2. The number of carbonyl (C=O) groups excluding carboxylic acids is 6. The fraction of sp³-hybridized carbons (Fsp3) is 0.414. The van der Waals surface area contributed by atoms with Crippen LogP contribution in [0.2, 0.25) is 0 Å². The first kappa shape index (κ1) is 63.0. The van der Waals surface area contributed by atoms with E-state index < -0.39 is 60.3 Å². The minimum Gasteiger partial charge on any atom is -0.508 e. The zero-order chi connectivity index (χ0) is 60.2. The molecule has 0 saturated heterocycles. The highest BCUT2D eigenvalue weighted by molar-refractivity contribution is 7.98. The summed E-state index contributed by atoms with van der Waals surface area (Å²) in [5.74, 6) is 9.40. The van der Waals surface area contributed by atoms with E-state index in [1.165, 1.54) is 29.0 Å². The number of hydrogen-bond acceptors (Lipinski definition) is 21. The SMILES string of the molecule is CCc1c2c(nc3ccc(O)cc13)-c1cc3c(c(=O)n1C2)COC(=O)[C@@]3(CC)OC(=O)OCc1ccc(NC(=O)[C@H](CCCCN)NC(=O)COCC(=O)NCCOCCN(N)/C=C(\N)CNC(=O)CCCC#Cc2cnc(SC)nc2)cc1. The van der Waals surface area contributed by atoms with Gasteiger partial charge in [0.05, 0.1) is 60.9 Å². The van der Waals surface area contributed by atoms with E-state index >= 15 is 0 Å². The molecule has 5 heterocycles. The number of aromatic hydroxyl groups is 1. The minimum atomic E-state index is -2.00. The number of phenolic OH excluding ortho intramolecular Hbond substituents is 1. The van der Waals surface area contributed by atoms with Crippen molar-refractivity contribution in [3.63, 3.8) is 0 Å². The number of carbonyl (C=O) groups is 6. The molecule has 0 aliphatic carbocycles. The Balaban J connectivity index is 0.797. The van der Waals surface area contributed by atoms with Crippen LogP contribution in [-0.4, -0.2) is 130 Å². The smallest absolute Gasteiger partial charge is 0.508 e. The molecule has 3 aromatic heterocycles. The van der Waals surface area contributed by atoms with Crippen LogP contribution >= 0.6 is 11.8 Å². The molecule has 446 valence electrons. The van der Waals surface area contributed by atoms with Crippen LogP contribution in [0.25, 0.3) is 22.3 Å². The van der Waals surface area contributed by atoms with Gasteiger partial charge in [0.15, 0.2) is 5.16 Å². The molecule has 7 rings (SSSR count). The molecule has 5 aromatic rings. The molecule has 2 aliphatic rings. The number of nitrogens with zero attached hydrogens (tertiary/aromatic N) is 5. The Hall–Kier alpha value is -8.61. The van der Waals surface area contributed by atoms with Gasteiger partial charge in [0, 0.05) is 65.9 Å². The van der Waals surface area contributed by atoms with Crippen molar-refractivity contribution < 1.29 is 57.6 Å². The van der Waals surface area contributed by atoms with Crippen LogP contribution in [0.5, 0.6) is 5.75 Å². The lowest BCUT2D eigenvalue weighted by molar-refractivity contribution is -0.175. The number of rotatable bonds is 29. The molecule has 0 radical (unpaired) electrons. The van der Waals surface area contributed by atoms with Crippen LogP contribution in [0.3, 0.4) is 0 Å². The predicted molar refractivity (Wildman–Crippen MR) is 310 cm³/mol. The van der Waals surface area contributed by atoms with Crippen molar-refractivity contribution in [1.82, 2.24) is 40.5 Å². The van der Waals surface area contributed by atoms with Gasteiger partial charge in [-0.2, -0.15) is 0 Å². The molecule has 11 N–H and O–H groups in total. The summed E-state index contributed by atoms with van der Waals surface area (Å²) in [5, 5.41) is 23.8. The molecular formula is C58H70N12O13S. The number of anilines is 1. The van der Waals surface area contributed by atoms with E-state index in [-0.39, 0.29) is 94.7 Å². The second-order valence-electron chi connectivity index (χ2n) is 19.6. The molecule has 4 amide bonds. The second-order valence-corrected chi connectivity index (χ2v) is 20.3. The Morgan fingerprint density at radius 1 is 0.964 bits per heavy atom. The first-order valence-electron chi connectivity index (χ1n) is 27.4. The third-order valence-electron chi connectivity index (χ3n) is 13.6. The standard InChI is InChI=1S/C58H70N12O13S/c1-4-41-42-25-40(71)18-19-46(42)68-52-43(41)31-70-48(52)26-45-44(54(70)76)33-81-55(77)58(45,5-2)83-57(78)82-32-36-14-16-39(17-15-36)66-53(75)47(12-9-10-20-59)67-51(74)35-80-34-50(73)62-21-23-79-24-22-69(61)30-38(60)29-63-49(72)13-8-6-7-11-37-27-64-56(84-3)65-28-37/h14-19,25-28,30,47,71H,4-6,8-10,12-13,20-24,29,31-35,59-61H2,1-3H3,(H,62,73)(H,63,72)(H,66,75)(H,67,74)/b38-30-/t47-,58-/m0/s1. The van der Waals surface area contributed by atoms with Crippen molar-refractivity contribution in [2.45, 2.75) is 102 Å². The Morgan fingerprint density at radius 3 is 2.48 bits per heavy atom. The molecule has 25 nitrogen and oxygen atoms in total. The number of fused-ring (bicyclic) bond motifs is 5. The number of pyridine rings is 2. The molecule has 0 saturated carbocycles. The number of aryl methyl sites for hydroxylation is 1. The lowest BCUT2D eigenvalue weighted by atomic mass is 9.85. The van der Waals surface area contributed by atoms with Crippen molar-refractivity contribution in [3.05, 3.63) is 117 Å². The van der Waals surface area contributed by atoms with Crippen molar-refractivity contribution in [2.75, 3.05) is 64.2 Å². The Labute approximate surface area is 489 Å². The van der Waals surface area contributed by atoms with Gasteiger partial charge in [0.1, 0.15) is 38.2 Å². The second kappa shape index (κ2) is 30.6. The highest BCUT2D eigenvalue weighted by Crippen LogP contribution is 2.42. The summed E-state index contributed by atoms with van der Waals surface area (Å²) in [4.78, 5) is 105. The first-order chi connectivity index (χ1) is 40.5. The van der Waals surface area contributed by atoms with Gasteiger partial charge in [-0.1, -0.05) is 49.6 Å². The maximum absolute atomic E-state index is 14.1. The quantitative estimate of drug-likeness (QED) is 0.00635. The molecule has 2 aliphatic heterocycles. The normalized spacial score (nSPS) is 14.4. The van der Waals surface area contributed by atoms with Crippen LogP contribution in [-0.2, 0) is 79.4 Å². The molecule has 2 atom stereocenters. The maximum atomic E-state index is 14.1. The molecular weight excluding hydrogens is 1100 g/mol. The topological polar surface area (TPSA) is 359 Å². The van der Waals surface area contributed by atoms with Crippen molar-refractivity contribution in [1.29, 1.82) is 0 Å². The van der Waals surface area contributed by atoms with Crippen LogP contribution in [0.4, 0.5) is 10.5 Å². The summed E-state index contributed by atoms with van der Waals surface area (Å²) in [6.45, 7) is 3.58. The first-order valence-corrected chi connectivity index (χ1v) is 28.6. The third-order valence-corrected chi connectivity index (χ3v) is 14.2. The average molecular weight is 1180 g/mol. The van der Waals surface area contributed by atoms with Crippen LogP contribution in [0.15, 0.2) is 82.8 Å². The molecule has 0 fully saturated rings. The van der Waals surface area contributed by atoms with Crippen LogP contribution in [0.1, 0.15) is 92.2 Å². The van der Waals surface area contributed by atoms with Crippen LogP contribution in [0, 0.1) is 11.8 Å². The number of esters is 1. The number of hydrogen-bond donors (Lipinski definition) is 8. The van der Waals surface area contributed by atoms with E-state index in [2.05, 4.69) is 43.1 Å². The highest BCUT2D eigenvalue weighted by Gasteiger charge is 2.51. The summed E-state index contributed by atoms with van der Waals surface area (Å²) in [6.07, 6.45) is 8.82. The van der Waals surface area contributed by atoms with Gasteiger partial charge in [-0.05, 0) is 98.9 Å². The fourth-order valence-electron chi connectivity index (χ4n) is 9.36. The van der Waals surface area contributed by atoms with E-state index in [4.69, 9.17) is 46.0 Å². The van der Waals surface area contributed by atoms with Crippen molar-refractivity contribution in [2.24, 2.45) is 17.3 Å². The number of hydrazine groups is 1. The Kier molecular flexibility index (Phi) is 23.0. The Morgan fingerprint density at radius 2 is 1.74 bits per heavy atom. The van der Waals surface area contributed by atoms with Crippen molar-refractivity contribution in [3.8, 4) is 29.0 Å². The van der Waals surface area contributed by atoms with E-state index in [1.54, 1.807) is 66.3 Å². The van der Waals surface area contributed by atoms with Gasteiger partial charge in [0.2, 0.25) is 29.2 Å². The number of amides is 4. The minimum absolute atomic E-state index is 0.0784. The van der Waals surface area contributed by atoms with Gasteiger partial charge in [-0.3, -0.25) is 24.0 Å². The lowest BCUT2D eigenvalue weighted by Crippen LogP contribution is -2.47. The number of aromatic nitrogens is 4. The van der Waals surface area contributed by atoms with Gasteiger partial charge >= 0.3 is 12.1 Å². The number of cyclic esters (lactones) is 1. The van der Waals surface area contributed by atoms with E-state index in [0.717, 1.165) is 16.5 Å². The summed E-state index contributed by atoms with van der Waals surface area (Å²) >= 11 is 1.45. The van der Waals surface area contributed by atoms with Gasteiger partial charge in [-0.25, -0.2) is 30.4 Å². The monoisotopic (exact) mass is 1170 g/mol. The molecule has 2 aromatic carbocycles. The highest BCUT2D eigenvalue weighted by atomic mass is 32.2. The molecule has 0 unspecified atom stereocenters. The van der Waals surface area contributed by atoms with Gasteiger partial charge in [0.25, 0.3) is 5.56 Å². The Bertz CT molecular complexity index is 3350. The number of nitrogens with one attached hydrogen (secondary N) is 4. The summed E-state index contributed by atoms with van der Waals surface area (Å²) in [7, 11) is 0. The zero-order valence-electron chi connectivity index (χ0n) is 47.1. The number of phenols is 1. The van der Waals surface area contributed by atoms with E-state index in [0.29, 0.717) is 83.2 Å². The zero-order valence-corrected chi connectivity index (χ0v) is 47.9. The largest absolute Gasteiger partial charge is 0.510 e. The fourth-order valence-corrected chi connectivity index (χ4v) is 9.67. The third kappa shape index (κ3) is 16.8. The summed E-state index contributed by atoms with van der Waals surface area (Å²) < 4.78 is 29.2. The number of nitrogens with two attached hydrogens (primary N) is 3. The number of ether oxygens (including phenoxy) is 5. The van der Waals surface area contributed by atoms with Crippen molar-refractivity contribution >= 4 is 64.1 Å². The van der Waals surface area contributed by atoms with Gasteiger partial charge in [-0.15, -0.1) is 0 Å². The summed E-state index contributed by atoms with van der Waals surface area (Å²) in [5.41, 5.74) is 14.9. The molecule has 84 heavy (non-hydrogen) atoms. The average Bonchev–Trinajstić information content (AvgIpc) is 1.53. The van der Waals surface area contributed by atoms with Gasteiger partial charge < -0.3 is 71.1 Å². The molecule has 0 spiro atoms. The molecule has 0 bridgehead atoms. The van der Waals surface area contributed by atoms with E-state index in [1.807, 2.05) is 13.2 Å². The molecule has 26 heteroatoms. The lowest BCUT2D eigenvalue weighted by Gasteiger charge is -2.35. The maximum Gasteiger partial charge on any atom is 0.510 e. The summed E-state index contributed by atoms with van der Waals surface area (Å²) in [6, 6.07) is 11.9. The number of thioether (sulfide) groups is 1. The van der Waals surface area contributed by atoms with Crippen LogP contribution < -0.4 is 44.1 Å². The predicted octanol–water partition coefficient (Wildman–Crippen LogP) is 3.24. The van der Waals surface area contributed by atoms with E-state index in [9.17, 15) is 38.7 Å².